The Balaban J connectivity index is 2.10. The van der Waals surface area contributed by atoms with Crippen molar-refractivity contribution in [3.05, 3.63) is 59.7 Å². The second-order valence-electron chi connectivity index (χ2n) is 6.77. The molecule has 5 heteroatoms. The summed E-state index contributed by atoms with van der Waals surface area (Å²) in [5, 5.41) is 9.29. The summed E-state index contributed by atoms with van der Waals surface area (Å²) in [7, 11) is -3.24. The van der Waals surface area contributed by atoms with Gasteiger partial charge in [-0.25, -0.2) is 13.1 Å². The van der Waals surface area contributed by atoms with E-state index in [2.05, 4.69) is 4.72 Å². The Labute approximate surface area is 151 Å². The fraction of sp³-hybridized carbons (Fsp3) is 0.400. The zero-order chi connectivity index (χ0) is 18.6. The number of rotatable bonds is 7. The van der Waals surface area contributed by atoms with E-state index in [9.17, 15) is 13.5 Å². The largest absolute Gasteiger partial charge is 0.389 e. The Kier molecular flexibility index (Phi) is 6.38. The predicted molar refractivity (Wildman–Crippen MR) is 103 cm³/mol. The van der Waals surface area contributed by atoms with Crippen molar-refractivity contribution in [3.63, 3.8) is 0 Å². The van der Waals surface area contributed by atoms with Crippen molar-refractivity contribution < 1.29 is 13.5 Å². The van der Waals surface area contributed by atoms with Crippen molar-refractivity contribution in [3.8, 4) is 11.1 Å². The second-order valence-corrected chi connectivity index (χ2v) is 9.09. The summed E-state index contributed by atoms with van der Waals surface area (Å²) < 4.78 is 26.4. The highest BCUT2D eigenvalue weighted by Crippen LogP contribution is 2.25. The van der Waals surface area contributed by atoms with Gasteiger partial charge < -0.3 is 5.11 Å². The van der Waals surface area contributed by atoms with Crippen LogP contribution in [0.1, 0.15) is 50.8 Å². The van der Waals surface area contributed by atoms with Crippen LogP contribution in [0.25, 0.3) is 11.1 Å². The molecule has 2 aromatic carbocycles. The SMILES string of the molecule is CC(O)c1cccc(-c2ccc(C(C)CNS(=O)(=O)C(C)C)cc2)c1. The normalized spacial score (nSPS) is 14.5. The summed E-state index contributed by atoms with van der Waals surface area (Å²) in [4.78, 5) is 0. The molecule has 0 amide bonds. The number of aliphatic hydroxyl groups is 1. The third kappa shape index (κ3) is 5.14. The van der Waals surface area contributed by atoms with Gasteiger partial charge in [0.2, 0.25) is 10.0 Å². The first-order valence-electron chi connectivity index (χ1n) is 8.57. The predicted octanol–water partition coefficient (Wildman–Crippen LogP) is 3.84. The van der Waals surface area contributed by atoms with Crippen LogP contribution in [0.4, 0.5) is 0 Å². The molecule has 0 aromatic heterocycles. The Morgan fingerprint density at radius 2 is 1.56 bits per heavy atom. The highest BCUT2D eigenvalue weighted by atomic mass is 32.2. The van der Waals surface area contributed by atoms with E-state index in [4.69, 9.17) is 0 Å². The van der Waals surface area contributed by atoms with E-state index >= 15 is 0 Å². The van der Waals surface area contributed by atoms with Gasteiger partial charge in [0.15, 0.2) is 0 Å². The molecule has 0 radical (unpaired) electrons. The van der Waals surface area contributed by atoms with Crippen molar-refractivity contribution in [2.75, 3.05) is 6.54 Å². The van der Waals surface area contributed by atoms with Gasteiger partial charge in [-0.05, 0) is 55.0 Å². The maximum absolute atomic E-state index is 11.9. The number of sulfonamides is 1. The number of nitrogens with one attached hydrogen (secondary N) is 1. The third-order valence-electron chi connectivity index (χ3n) is 4.39. The highest BCUT2D eigenvalue weighted by molar-refractivity contribution is 7.90. The lowest BCUT2D eigenvalue weighted by molar-refractivity contribution is 0.199. The molecule has 0 saturated carbocycles. The monoisotopic (exact) mass is 361 g/mol. The molecule has 2 N–H and O–H groups in total. The fourth-order valence-electron chi connectivity index (χ4n) is 2.51. The molecule has 0 aliphatic rings. The van der Waals surface area contributed by atoms with Gasteiger partial charge >= 0.3 is 0 Å². The molecule has 2 unspecified atom stereocenters. The van der Waals surface area contributed by atoms with E-state index in [0.717, 1.165) is 22.3 Å². The molecule has 4 nitrogen and oxygen atoms in total. The first-order chi connectivity index (χ1) is 11.7. The van der Waals surface area contributed by atoms with Crippen molar-refractivity contribution >= 4 is 10.0 Å². The van der Waals surface area contributed by atoms with Gasteiger partial charge in [-0.1, -0.05) is 49.4 Å². The molecule has 2 aromatic rings. The summed E-state index contributed by atoms with van der Waals surface area (Å²) in [5.41, 5.74) is 4.10. The molecule has 0 bridgehead atoms. The fourth-order valence-corrected chi connectivity index (χ4v) is 3.32. The van der Waals surface area contributed by atoms with Crippen molar-refractivity contribution in [1.29, 1.82) is 0 Å². The van der Waals surface area contributed by atoms with Crippen LogP contribution < -0.4 is 4.72 Å². The van der Waals surface area contributed by atoms with Gasteiger partial charge in [0.25, 0.3) is 0 Å². The topological polar surface area (TPSA) is 66.4 Å². The first-order valence-corrected chi connectivity index (χ1v) is 10.1. The third-order valence-corrected chi connectivity index (χ3v) is 6.20. The van der Waals surface area contributed by atoms with Gasteiger partial charge in [-0.15, -0.1) is 0 Å². The van der Waals surface area contributed by atoms with Crippen LogP contribution in [-0.2, 0) is 10.0 Å². The van der Waals surface area contributed by atoms with Crippen LogP contribution in [0.15, 0.2) is 48.5 Å². The molecule has 0 spiro atoms. The maximum atomic E-state index is 11.9. The number of hydrogen-bond donors (Lipinski definition) is 2. The number of aliphatic hydroxyl groups excluding tert-OH is 1. The van der Waals surface area contributed by atoms with E-state index in [0.29, 0.717) is 6.54 Å². The molecular formula is C20H27NO3S. The lowest BCUT2D eigenvalue weighted by Gasteiger charge is -2.15. The molecule has 0 aliphatic heterocycles. The van der Waals surface area contributed by atoms with E-state index in [-0.39, 0.29) is 5.92 Å². The van der Waals surface area contributed by atoms with Gasteiger partial charge in [0, 0.05) is 6.54 Å². The molecule has 136 valence electrons. The van der Waals surface area contributed by atoms with E-state index in [1.54, 1.807) is 20.8 Å². The summed E-state index contributed by atoms with van der Waals surface area (Å²) >= 11 is 0. The average molecular weight is 362 g/mol. The van der Waals surface area contributed by atoms with Gasteiger partial charge in [0.1, 0.15) is 0 Å². The summed E-state index contributed by atoms with van der Waals surface area (Å²) in [6.07, 6.45) is -0.492. The Morgan fingerprint density at radius 1 is 0.920 bits per heavy atom. The van der Waals surface area contributed by atoms with Crippen LogP contribution in [0.2, 0.25) is 0 Å². The molecule has 2 atom stereocenters. The molecular weight excluding hydrogens is 334 g/mol. The first kappa shape index (κ1) is 19.6. The molecule has 0 fully saturated rings. The standard InChI is InChI=1S/C20H27NO3S/c1-14(2)25(23,24)21-13-15(3)17-8-10-18(11-9-17)20-7-5-6-19(12-20)16(4)22/h5-12,14-16,21-22H,13H2,1-4H3. The minimum Gasteiger partial charge on any atom is -0.389 e. The van der Waals surface area contributed by atoms with Crippen molar-refractivity contribution in [1.82, 2.24) is 4.72 Å². The average Bonchev–Trinajstić information content (AvgIpc) is 2.60. The van der Waals surface area contributed by atoms with Crippen LogP contribution in [-0.4, -0.2) is 25.3 Å². The lowest BCUT2D eigenvalue weighted by Crippen LogP contribution is -2.33. The molecule has 25 heavy (non-hydrogen) atoms. The molecule has 0 saturated heterocycles. The Bertz CT molecular complexity index is 796. The number of hydrogen-bond acceptors (Lipinski definition) is 3. The van der Waals surface area contributed by atoms with Crippen LogP contribution >= 0.6 is 0 Å². The van der Waals surface area contributed by atoms with Crippen molar-refractivity contribution in [2.45, 2.75) is 45.0 Å². The zero-order valence-electron chi connectivity index (χ0n) is 15.2. The highest BCUT2D eigenvalue weighted by Gasteiger charge is 2.17. The quantitative estimate of drug-likeness (QED) is 0.787. The van der Waals surface area contributed by atoms with Gasteiger partial charge in [-0.2, -0.15) is 0 Å². The molecule has 0 heterocycles. The summed E-state index contributed by atoms with van der Waals surface area (Å²) in [6, 6.07) is 16.0. The van der Waals surface area contributed by atoms with Crippen LogP contribution in [0.3, 0.4) is 0 Å². The summed E-state index contributed by atoms with van der Waals surface area (Å²) in [6.45, 7) is 7.48. The lowest BCUT2D eigenvalue weighted by atomic mass is 9.96. The van der Waals surface area contributed by atoms with Crippen molar-refractivity contribution in [2.24, 2.45) is 0 Å². The van der Waals surface area contributed by atoms with Gasteiger partial charge in [-0.3, -0.25) is 0 Å². The van der Waals surface area contributed by atoms with Gasteiger partial charge in [0.05, 0.1) is 11.4 Å². The van der Waals surface area contributed by atoms with E-state index in [1.807, 2.05) is 55.5 Å². The zero-order valence-corrected chi connectivity index (χ0v) is 16.0. The smallest absolute Gasteiger partial charge is 0.213 e. The Hall–Kier alpha value is -1.69. The van der Waals surface area contributed by atoms with Crippen LogP contribution in [0, 0.1) is 0 Å². The van der Waals surface area contributed by atoms with E-state index in [1.165, 1.54) is 0 Å². The molecule has 0 aliphatic carbocycles. The maximum Gasteiger partial charge on any atom is 0.213 e. The summed E-state index contributed by atoms with van der Waals surface area (Å²) in [5.74, 6) is 0.0892. The number of benzene rings is 2. The van der Waals surface area contributed by atoms with Crippen LogP contribution in [0.5, 0.6) is 0 Å². The Morgan fingerprint density at radius 3 is 2.12 bits per heavy atom. The minimum absolute atomic E-state index is 0.0892. The minimum atomic E-state index is -3.24. The molecule has 2 rings (SSSR count). The second kappa shape index (κ2) is 8.13. The van der Waals surface area contributed by atoms with E-state index < -0.39 is 21.4 Å².